The molecule has 258 valence electrons. The first-order valence-corrected chi connectivity index (χ1v) is 16.7. The van der Waals surface area contributed by atoms with E-state index >= 15 is 0 Å². The van der Waals surface area contributed by atoms with Gasteiger partial charge in [0.25, 0.3) is 11.8 Å². The fourth-order valence-corrected chi connectivity index (χ4v) is 8.73. The van der Waals surface area contributed by atoms with Gasteiger partial charge < -0.3 is 31.1 Å². The number of carboxylic acids is 2. The van der Waals surface area contributed by atoms with E-state index in [2.05, 4.69) is 25.9 Å². The second-order valence-corrected chi connectivity index (χ2v) is 14.1. The molecule has 0 saturated heterocycles. The Hall–Kier alpha value is -5.59. The average Bonchev–Trinajstić information content (AvgIpc) is 3.54. The molecule has 4 aromatic rings. The van der Waals surface area contributed by atoms with Crippen LogP contribution >= 0.6 is 0 Å². The molecule has 6 N–H and O–H groups in total. The van der Waals surface area contributed by atoms with Gasteiger partial charge in [-0.15, -0.1) is 0 Å². The van der Waals surface area contributed by atoms with Crippen LogP contribution < -0.4 is 16.0 Å². The third kappa shape index (κ3) is 6.67. The Morgan fingerprint density at radius 1 is 0.860 bits per heavy atom. The molecule has 4 fully saturated rings. The highest BCUT2D eigenvalue weighted by Gasteiger charge is 2.50. The third-order valence-corrected chi connectivity index (χ3v) is 10.5. The molecular formula is C37H36FN5O7. The van der Waals surface area contributed by atoms with E-state index in [0.717, 1.165) is 37.5 Å². The summed E-state index contributed by atoms with van der Waals surface area (Å²) in [6.07, 6.45) is 8.18. The van der Waals surface area contributed by atoms with Gasteiger partial charge in [-0.3, -0.25) is 14.4 Å². The lowest BCUT2D eigenvalue weighted by atomic mass is 9.49. The van der Waals surface area contributed by atoms with Crippen molar-refractivity contribution in [2.24, 2.45) is 23.2 Å². The highest BCUT2D eigenvalue weighted by atomic mass is 19.1. The van der Waals surface area contributed by atoms with Crippen molar-refractivity contribution in [1.29, 1.82) is 0 Å². The number of hydrogen-bond acceptors (Lipinski definition) is 6. The van der Waals surface area contributed by atoms with Gasteiger partial charge in [-0.2, -0.15) is 0 Å². The molecule has 3 amide bonds. The third-order valence-electron chi connectivity index (χ3n) is 10.5. The Morgan fingerprint density at radius 2 is 1.48 bits per heavy atom. The summed E-state index contributed by atoms with van der Waals surface area (Å²) < 4.78 is 14.8. The molecule has 4 bridgehead atoms. The van der Waals surface area contributed by atoms with Gasteiger partial charge in [0.15, 0.2) is 0 Å². The molecule has 0 spiro atoms. The lowest BCUT2D eigenvalue weighted by Crippen LogP contribution is -2.51. The number of aromatic nitrogens is 2. The van der Waals surface area contributed by atoms with Gasteiger partial charge in [0.2, 0.25) is 5.91 Å². The average molecular weight is 682 g/mol. The van der Waals surface area contributed by atoms with Crippen LogP contribution in [0.2, 0.25) is 0 Å². The van der Waals surface area contributed by atoms with Crippen molar-refractivity contribution in [3.8, 4) is 0 Å². The number of amides is 3. The van der Waals surface area contributed by atoms with E-state index < -0.39 is 41.5 Å². The predicted molar refractivity (Wildman–Crippen MR) is 179 cm³/mol. The van der Waals surface area contributed by atoms with Crippen LogP contribution in [0.5, 0.6) is 0 Å². The number of H-pyrrole nitrogens is 1. The minimum atomic E-state index is -1.43. The molecule has 13 heteroatoms. The van der Waals surface area contributed by atoms with Crippen molar-refractivity contribution >= 4 is 46.4 Å². The van der Waals surface area contributed by atoms with Gasteiger partial charge >= 0.3 is 11.9 Å². The summed E-state index contributed by atoms with van der Waals surface area (Å²) in [6, 6.07) is 10.4. The van der Waals surface area contributed by atoms with E-state index in [0.29, 0.717) is 35.3 Å². The Kier molecular flexibility index (Phi) is 8.58. The highest BCUT2D eigenvalue weighted by Crippen LogP contribution is 2.59. The summed E-state index contributed by atoms with van der Waals surface area (Å²) in [4.78, 5) is 72.1. The Morgan fingerprint density at radius 3 is 2.10 bits per heavy atom. The molecule has 4 saturated carbocycles. The van der Waals surface area contributed by atoms with Crippen LogP contribution in [0.4, 0.5) is 10.1 Å². The van der Waals surface area contributed by atoms with Crippen LogP contribution in [0.25, 0.3) is 11.0 Å². The summed E-state index contributed by atoms with van der Waals surface area (Å²) >= 11 is 0. The number of carbonyl (C=O) groups is 5. The molecule has 1 aromatic heterocycles. The van der Waals surface area contributed by atoms with Crippen molar-refractivity contribution in [3.63, 3.8) is 0 Å². The zero-order valence-electron chi connectivity index (χ0n) is 27.0. The van der Waals surface area contributed by atoms with E-state index in [1.807, 2.05) is 0 Å². The fourth-order valence-electron chi connectivity index (χ4n) is 8.73. The molecule has 1 unspecified atom stereocenters. The monoisotopic (exact) mass is 681 g/mol. The first-order chi connectivity index (χ1) is 23.9. The minimum absolute atomic E-state index is 0.0417. The molecular weight excluding hydrogens is 645 g/mol. The van der Waals surface area contributed by atoms with Crippen molar-refractivity contribution in [1.82, 2.24) is 20.6 Å². The molecule has 1 heterocycles. The number of nitrogens with one attached hydrogen (secondary N) is 4. The first kappa shape index (κ1) is 32.9. The molecule has 0 radical (unpaired) electrons. The fraction of sp³-hybridized carbons (Fsp3) is 0.351. The lowest BCUT2D eigenvalue weighted by Gasteiger charge is -2.56. The Bertz CT molecular complexity index is 1970. The number of aromatic amines is 1. The number of imidazole rings is 1. The van der Waals surface area contributed by atoms with Crippen LogP contribution in [-0.4, -0.2) is 62.4 Å². The second kappa shape index (κ2) is 13.0. The van der Waals surface area contributed by atoms with Gasteiger partial charge in [0, 0.05) is 18.7 Å². The maximum Gasteiger partial charge on any atom is 0.335 e. The molecule has 8 rings (SSSR count). The summed E-state index contributed by atoms with van der Waals surface area (Å²) in [5, 5.41) is 27.2. The standard InChI is InChI=1S/C37H36FN5O7/c38-28-4-2-1-3-22(28)11-31(34(46)42-25-9-23(35(47)48)8-24(10-25)36(49)50)43-33(45)27-13-30-29(40-18-41-30)12-26(27)32(44)39-17-37-14-19-5-20(15-37)7-21(6-19)16-37/h1-4,8-10,12-13,18-21,31H,5-7,11,14-17H2,(H,39,44)(H,40,41)(H,42,46)(H,43,45)(H,47,48)(H,49,50). The van der Waals surface area contributed by atoms with Crippen LogP contribution in [-0.2, 0) is 11.2 Å². The van der Waals surface area contributed by atoms with Crippen molar-refractivity contribution < 1.29 is 38.6 Å². The van der Waals surface area contributed by atoms with E-state index in [1.54, 1.807) is 12.1 Å². The largest absolute Gasteiger partial charge is 0.478 e. The Labute approximate surface area is 285 Å². The van der Waals surface area contributed by atoms with E-state index in [-0.39, 0.29) is 45.3 Å². The number of carboxylic acid groups (broad SMARTS) is 2. The number of rotatable bonds is 11. The quantitative estimate of drug-likeness (QED) is 0.127. The molecule has 12 nitrogen and oxygen atoms in total. The predicted octanol–water partition coefficient (Wildman–Crippen LogP) is 5.02. The van der Waals surface area contributed by atoms with E-state index in [9.17, 15) is 38.6 Å². The van der Waals surface area contributed by atoms with Crippen LogP contribution in [0.1, 0.15) is 85.5 Å². The van der Waals surface area contributed by atoms with Gasteiger partial charge in [0.05, 0.1) is 39.6 Å². The van der Waals surface area contributed by atoms with E-state index in [1.165, 1.54) is 49.9 Å². The van der Waals surface area contributed by atoms with Crippen LogP contribution in [0, 0.1) is 29.0 Å². The number of hydrogen-bond donors (Lipinski definition) is 6. The SMILES string of the molecule is O=C(O)c1cc(NC(=O)C(Cc2ccccc2F)NC(=O)c2cc3nc[nH]c3cc2C(=O)NCC23CC4CC(CC(C4)C2)C3)cc(C(=O)O)c1. The van der Waals surface area contributed by atoms with Gasteiger partial charge in [0.1, 0.15) is 11.9 Å². The van der Waals surface area contributed by atoms with Crippen molar-refractivity contribution in [2.45, 2.75) is 51.0 Å². The van der Waals surface area contributed by atoms with E-state index in [4.69, 9.17) is 0 Å². The minimum Gasteiger partial charge on any atom is -0.478 e. The number of aromatic carboxylic acids is 2. The molecule has 0 aliphatic heterocycles. The summed E-state index contributed by atoms with van der Waals surface area (Å²) in [5.74, 6) is -3.47. The number of nitrogens with zero attached hydrogens (tertiary/aromatic N) is 1. The number of fused-ring (bicyclic) bond motifs is 1. The maximum absolute atomic E-state index is 14.8. The highest BCUT2D eigenvalue weighted by molar-refractivity contribution is 6.11. The molecule has 50 heavy (non-hydrogen) atoms. The number of benzene rings is 3. The summed E-state index contributed by atoms with van der Waals surface area (Å²) in [7, 11) is 0. The van der Waals surface area contributed by atoms with Crippen molar-refractivity contribution in [3.05, 3.63) is 94.6 Å². The van der Waals surface area contributed by atoms with Crippen LogP contribution in [0.15, 0.2) is 60.9 Å². The topological polar surface area (TPSA) is 191 Å². The molecule has 4 aliphatic carbocycles. The van der Waals surface area contributed by atoms with Gasteiger partial charge in [-0.25, -0.2) is 19.0 Å². The molecule has 1 atom stereocenters. The number of carbonyl (C=O) groups excluding carboxylic acids is 3. The lowest BCUT2D eigenvalue weighted by molar-refractivity contribution is -0.118. The summed E-state index contributed by atoms with van der Waals surface area (Å²) in [5.41, 5.74) is 0.223. The molecule has 3 aromatic carbocycles. The first-order valence-electron chi connectivity index (χ1n) is 16.7. The Balaban J connectivity index is 1.16. The summed E-state index contributed by atoms with van der Waals surface area (Å²) in [6.45, 7) is 0.503. The molecule has 4 aliphatic rings. The number of anilines is 1. The maximum atomic E-state index is 14.8. The van der Waals surface area contributed by atoms with Gasteiger partial charge in [-0.1, -0.05) is 18.2 Å². The smallest absolute Gasteiger partial charge is 0.335 e. The van der Waals surface area contributed by atoms with Crippen molar-refractivity contribution in [2.75, 3.05) is 11.9 Å². The van der Waals surface area contributed by atoms with Crippen LogP contribution in [0.3, 0.4) is 0 Å². The normalized spacial score (nSPS) is 22.5. The number of halogens is 1. The zero-order chi connectivity index (χ0) is 35.2. The second-order valence-electron chi connectivity index (χ2n) is 14.1. The van der Waals surface area contributed by atoms with Gasteiger partial charge in [-0.05, 0) is 104 Å². The zero-order valence-corrected chi connectivity index (χ0v) is 27.0.